The summed E-state index contributed by atoms with van der Waals surface area (Å²) in [5.74, 6) is 1.32. The van der Waals surface area contributed by atoms with E-state index in [0.29, 0.717) is 5.82 Å². The van der Waals surface area contributed by atoms with Crippen LogP contribution in [-0.4, -0.2) is 5.16 Å². The molecular formula is C10H11BrN2OS. The molecule has 3 nitrogen and oxygen atoms in total. The Bertz CT molecular complexity index is 464. The highest BCUT2D eigenvalue weighted by Crippen LogP contribution is 2.35. The summed E-state index contributed by atoms with van der Waals surface area (Å²) >= 11 is 5.05. The zero-order chi connectivity index (χ0) is 10.8. The van der Waals surface area contributed by atoms with Crippen LogP contribution in [0.4, 0.5) is 5.82 Å². The first-order chi connectivity index (χ1) is 7.22. The Morgan fingerprint density at radius 2 is 2.33 bits per heavy atom. The lowest BCUT2D eigenvalue weighted by Crippen LogP contribution is -1.91. The molecule has 2 heterocycles. The van der Waals surface area contributed by atoms with Crippen LogP contribution in [-0.2, 0) is 6.42 Å². The molecule has 0 amide bonds. The highest BCUT2D eigenvalue weighted by Gasteiger charge is 2.16. The van der Waals surface area contributed by atoms with Gasteiger partial charge in [0.05, 0.1) is 8.66 Å². The minimum atomic E-state index is 0.511. The normalized spacial score (nSPS) is 10.8. The van der Waals surface area contributed by atoms with E-state index in [4.69, 9.17) is 10.3 Å². The lowest BCUT2D eigenvalue weighted by Gasteiger charge is -1.96. The molecule has 0 radical (unpaired) electrons. The number of nitrogens with zero attached hydrogens (tertiary/aromatic N) is 1. The smallest absolute Gasteiger partial charge is 0.182 e. The average Bonchev–Trinajstić information content (AvgIpc) is 2.76. The van der Waals surface area contributed by atoms with E-state index in [1.165, 1.54) is 0 Å². The average molecular weight is 287 g/mol. The zero-order valence-electron chi connectivity index (χ0n) is 8.29. The van der Waals surface area contributed by atoms with Crippen molar-refractivity contribution in [3.05, 3.63) is 21.5 Å². The first-order valence-electron chi connectivity index (χ1n) is 4.72. The van der Waals surface area contributed by atoms with Gasteiger partial charge in [0, 0.05) is 5.56 Å². The van der Waals surface area contributed by atoms with Crippen molar-refractivity contribution in [2.45, 2.75) is 19.8 Å². The number of hydrogen-bond acceptors (Lipinski definition) is 4. The van der Waals surface area contributed by atoms with E-state index in [-0.39, 0.29) is 0 Å². The lowest BCUT2D eigenvalue weighted by atomic mass is 10.1. The van der Waals surface area contributed by atoms with Crippen LogP contribution in [0.5, 0.6) is 0 Å². The summed E-state index contributed by atoms with van der Waals surface area (Å²) in [7, 11) is 0. The highest BCUT2D eigenvalue weighted by atomic mass is 79.9. The molecule has 2 N–H and O–H groups in total. The van der Waals surface area contributed by atoms with Crippen LogP contribution in [0.3, 0.4) is 0 Å². The Balaban J connectivity index is 2.43. The van der Waals surface area contributed by atoms with Crippen molar-refractivity contribution in [2.24, 2.45) is 0 Å². The van der Waals surface area contributed by atoms with Gasteiger partial charge in [0.25, 0.3) is 0 Å². The van der Waals surface area contributed by atoms with Gasteiger partial charge < -0.3 is 10.3 Å². The monoisotopic (exact) mass is 286 g/mol. The van der Waals surface area contributed by atoms with Crippen molar-refractivity contribution in [1.29, 1.82) is 0 Å². The Morgan fingerprint density at radius 3 is 2.93 bits per heavy atom. The van der Waals surface area contributed by atoms with Crippen molar-refractivity contribution in [3.63, 3.8) is 0 Å². The molecule has 80 valence electrons. The first-order valence-corrected chi connectivity index (χ1v) is 6.33. The zero-order valence-corrected chi connectivity index (χ0v) is 10.7. The number of hydrogen-bond donors (Lipinski definition) is 1. The quantitative estimate of drug-likeness (QED) is 0.936. The number of halogens is 1. The number of rotatable bonds is 3. The predicted molar refractivity (Wildman–Crippen MR) is 65.9 cm³/mol. The summed E-state index contributed by atoms with van der Waals surface area (Å²) in [6, 6.07) is 4.00. The number of anilines is 1. The van der Waals surface area contributed by atoms with Gasteiger partial charge in [-0.05, 0) is 34.5 Å². The predicted octanol–water partition coefficient (Wildman–Crippen LogP) is 3.70. The number of nitrogens with two attached hydrogens (primary N) is 1. The summed E-state index contributed by atoms with van der Waals surface area (Å²) in [5.41, 5.74) is 6.78. The summed E-state index contributed by atoms with van der Waals surface area (Å²) < 4.78 is 6.34. The topological polar surface area (TPSA) is 52.0 Å². The minimum Gasteiger partial charge on any atom is -0.381 e. The molecule has 2 aromatic heterocycles. The van der Waals surface area contributed by atoms with E-state index < -0.39 is 0 Å². The number of aromatic nitrogens is 1. The van der Waals surface area contributed by atoms with E-state index in [1.807, 2.05) is 12.1 Å². The van der Waals surface area contributed by atoms with Gasteiger partial charge in [0.1, 0.15) is 0 Å². The molecule has 2 rings (SSSR count). The SMILES string of the molecule is CCCc1c(N)noc1-c1ccc(Br)s1. The van der Waals surface area contributed by atoms with Gasteiger partial charge in [-0.1, -0.05) is 18.5 Å². The second kappa shape index (κ2) is 4.37. The standard InChI is InChI=1S/C10H11BrN2OS/c1-2-3-6-9(14-13-10(6)12)7-4-5-8(11)15-7/h4-5H,2-3H2,1H3,(H2,12,13). The van der Waals surface area contributed by atoms with Crippen LogP contribution in [0.15, 0.2) is 20.4 Å². The van der Waals surface area contributed by atoms with Crippen molar-refractivity contribution in [2.75, 3.05) is 5.73 Å². The van der Waals surface area contributed by atoms with E-state index in [9.17, 15) is 0 Å². The molecule has 0 bridgehead atoms. The fourth-order valence-electron chi connectivity index (χ4n) is 1.44. The second-order valence-corrected chi connectivity index (χ2v) is 5.69. The van der Waals surface area contributed by atoms with Crippen LogP contribution < -0.4 is 5.73 Å². The molecule has 0 atom stereocenters. The van der Waals surface area contributed by atoms with Gasteiger partial charge in [0.2, 0.25) is 0 Å². The summed E-state index contributed by atoms with van der Waals surface area (Å²) in [6.07, 6.45) is 1.94. The Hall–Kier alpha value is -0.810. The van der Waals surface area contributed by atoms with Gasteiger partial charge in [-0.3, -0.25) is 0 Å². The second-order valence-electron chi connectivity index (χ2n) is 3.23. The largest absolute Gasteiger partial charge is 0.381 e. The van der Waals surface area contributed by atoms with Gasteiger partial charge >= 0.3 is 0 Å². The third kappa shape index (κ3) is 2.08. The fourth-order valence-corrected chi connectivity index (χ4v) is 2.83. The van der Waals surface area contributed by atoms with Crippen LogP contribution in [0.25, 0.3) is 10.6 Å². The van der Waals surface area contributed by atoms with E-state index in [1.54, 1.807) is 11.3 Å². The number of thiophene rings is 1. The molecule has 0 aromatic carbocycles. The van der Waals surface area contributed by atoms with Gasteiger partial charge in [-0.25, -0.2) is 0 Å². The molecule has 0 spiro atoms. The van der Waals surface area contributed by atoms with Crippen molar-refractivity contribution in [3.8, 4) is 10.6 Å². The summed E-state index contributed by atoms with van der Waals surface area (Å²) in [4.78, 5) is 1.06. The molecule has 0 aliphatic heterocycles. The molecular weight excluding hydrogens is 276 g/mol. The van der Waals surface area contributed by atoms with Crippen molar-refractivity contribution >= 4 is 33.1 Å². The van der Waals surface area contributed by atoms with Crippen LogP contribution in [0, 0.1) is 0 Å². The molecule has 0 aliphatic rings. The molecule has 0 unspecified atom stereocenters. The van der Waals surface area contributed by atoms with Crippen LogP contribution in [0.2, 0.25) is 0 Å². The molecule has 0 aliphatic carbocycles. The first kappa shape index (κ1) is 10.7. The molecule has 0 fully saturated rings. The minimum absolute atomic E-state index is 0.511. The molecule has 15 heavy (non-hydrogen) atoms. The third-order valence-electron chi connectivity index (χ3n) is 2.12. The van der Waals surface area contributed by atoms with Crippen LogP contribution in [0.1, 0.15) is 18.9 Å². The third-order valence-corrected chi connectivity index (χ3v) is 3.74. The van der Waals surface area contributed by atoms with E-state index >= 15 is 0 Å². The van der Waals surface area contributed by atoms with Gasteiger partial charge in [-0.2, -0.15) is 0 Å². The highest BCUT2D eigenvalue weighted by molar-refractivity contribution is 9.11. The number of nitrogen functional groups attached to an aromatic ring is 1. The summed E-state index contributed by atoms with van der Waals surface area (Å²) in [6.45, 7) is 2.11. The van der Waals surface area contributed by atoms with Gasteiger partial charge in [-0.15, -0.1) is 11.3 Å². The van der Waals surface area contributed by atoms with Gasteiger partial charge in [0.15, 0.2) is 11.6 Å². The van der Waals surface area contributed by atoms with Crippen molar-refractivity contribution < 1.29 is 4.52 Å². The molecule has 5 heteroatoms. The maximum Gasteiger partial charge on any atom is 0.182 e. The molecule has 2 aromatic rings. The Morgan fingerprint density at radius 1 is 1.53 bits per heavy atom. The maximum absolute atomic E-state index is 5.76. The summed E-state index contributed by atoms with van der Waals surface area (Å²) in [5, 5.41) is 3.81. The Labute approximate surface area is 100 Å². The Kier molecular flexibility index (Phi) is 3.11. The van der Waals surface area contributed by atoms with Crippen LogP contribution >= 0.6 is 27.3 Å². The lowest BCUT2D eigenvalue weighted by molar-refractivity contribution is 0.436. The molecule has 0 saturated heterocycles. The maximum atomic E-state index is 5.76. The fraction of sp³-hybridized carbons (Fsp3) is 0.300. The van der Waals surface area contributed by atoms with E-state index in [2.05, 4.69) is 28.0 Å². The van der Waals surface area contributed by atoms with Crippen molar-refractivity contribution in [1.82, 2.24) is 5.16 Å². The molecule has 0 saturated carbocycles. The van der Waals surface area contributed by atoms with E-state index in [0.717, 1.165) is 32.8 Å².